The molecule has 0 aliphatic heterocycles. The molecule has 0 atom stereocenters. The van der Waals surface area contributed by atoms with Gasteiger partial charge in [-0.15, -0.1) is 12.4 Å². The van der Waals surface area contributed by atoms with E-state index >= 15 is 0 Å². The van der Waals surface area contributed by atoms with Crippen LogP contribution in [0.15, 0.2) is 24.7 Å². The van der Waals surface area contributed by atoms with Gasteiger partial charge in [-0.1, -0.05) is 41.7 Å². The van der Waals surface area contributed by atoms with Crippen LogP contribution in [0.1, 0.15) is 19.0 Å². The van der Waals surface area contributed by atoms with Crippen LogP contribution in [0.2, 0.25) is 15.1 Å². The second kappa shape index (κ2) is 10.1. The number of imidazole rings is 1. The highest BCUT2D eigenvalue weighted by Gasteiger charge is 2.16. The van der Waals surface area contributed by atoms with Gasteiger partial charge in [0, 0.05) is 17.8 Å². The molecular weight excluding hydrogens is 408 g/mol. The lowest BCUT2D eigenvalue weighted by Gasteiger charge is -2.22. The third-order valence-corrected chi connectivity index (χ3v) is 4.05. The number of carbonyl (C=O) groups excluding carboxylic acids is 1. The third-order valence-electron chi connectivity index (χ3n) is 3.27. The lowest BCUT2D eigenvalue weighted by molar-refractivity contribution is 0.184. The summed E-state index contributed by atoms with van der Waals surface area (Å²) in [5, 5.41) is 1.12. The van der Waals surface area contributed by atoms with Crippen LogP contribution in [-0.4, -0.2) is 40.2 Å². The fourth-order valence-corrected chi connectivity index (χ4v) is 3.11. The minimum atomic E-state index is -0.144. The van der Waals surface area contributed by atoms with E-state index in [0.29, 0.717) is 33.9 Å². The van der Waals surface area contributed by atoms with E-state index in [0.717, 1.165) is 12.1 Å². The van der Waals surface area contributed by atoms with E-state index < -0.39 is 0 Å². The molecule has 0 N–H and O–H groups in total. The Hall–Kier alpha value is -1.14. The highest BCUT2D eigenvalue weighted by molar-refractivity contribution is 6.40. The molecule has 138 valence electrons. The van der Waals surface area contributed by atoms with Crippen molar-refractivity contribution in [3.05, 3.63) is 45.4 Å². The van der Waals surface area contributed by atoms with E-state index in [1.807, 2.05) is 13.8 Å². The number of carbonyl (C=O) groups is 1. The minimum absolute atomic E-state index is 0. The first-order chi connectivity index (χ1) is 11.4. The van der Waals surface area contributed by atoms with Crippen molar-refractivity contribution in [3.63, 3.8) is 0 Å². The molecule has 1 aromatic carbocycles. The van der Waals surface area contributed by atoms with Gasteiger partial charge in [0.1, 0.15) is 12.9 Å². The number of hydrogen-bond donors (Lipinski definition) is 0. The van der Waals surface area contributed by atoms with Gasteiger partial charge < -0.3 is 9.64 Å². The molecule has 5 nitrogen and oxygen atoms in total. The standard InChI is InChI=1S/C16H18Cl3N3O2.ClH/c1-3-4-21(16(23)22-9-11(2)20-10-22)5-6-24-15-13(18)7-12(17)8-14(15)19;/h7-10H,3-6H2,1-2H3;1H. The quantitative estimate of drug-likeness (QED) is 0.626. The van der Waals surface area contributed by atoms with Gasteiger partial charge in [0.25, 0.3) is 0 Å². The third kappa shape index (κ3) is 5.96. The Kier molecular flexibility index (Phi) is 8.86. The fourth-order valence-electron chi connectivity index (χ4n) is 2.19. The van der Waals surface area contributed by atoms with Crippen LogP contribution < -0.4 is 4.74 Å². The highest BCUT2D eigenvalue weighted by Crippen LogP contribution is 2.35. The van der Waals surface area contributed by atoms with Crippen LogP contribution >= 0.6 is 47.2 Å². The molecular formula is C16H19Cl4N3O2. The molecule has 0 spiro atoms. The summed E-state index contributed by atoms with van der Waals surface area (Å²) in [6.07, 6.45) is 4.04. The van der Waals surface area contributed by atoms with Crippen LogP contribution in [0.3, 0.4) is 0 Å². The Labute approximate surface area is 168 Å². The maximum atomic E-state index is 12.5. The van der Waals surface area contributed by atoms with Gasteiger partial charge >= 0.3 is 6.03 Å². The van der Waals surface area contributed by atoms with Crippen molar-refractivity contribution in [1.29, 1.82) is 0 Å². The molecule has 0 fully saturated rings. The Morgan fingerprint density at radius 2 is 1.88 bits per heavy atom. The van der Waals surface area contributed by atoms with Gasteiger partial charge in [-0.25, -0.2) is 9.78 Å². The number of benzene rings is 1. The number of aromatic nitrogens is 2. The maximum absolute atomic E-state index is 12.5. The zero-order valence-electron chi connectivity index (χ0n) is 13.8. The summed E-state index contributed by atoms with van der Waals surface area (Å²) in [6, 6.07) is 2.98. The number of amides is 1. The van der Waals surface area contributed by atoms with E-state index in [1.54, 1.807) is 23.2 Å². The number of nitrogens with zero attached hydrogens (tertiary/aromatic N) is 3. The minimum Gasteiger partial charge on any atom is -0.489 e. The van der Waals surface area contributed by atoms with Gasteiger partial charge in [-0.3, -0.25) is 4.57 Å². The maximum Gasteiger partial charge on any atom is 0.329 e. The topological polar surface area (TPSA) is 47.4 Å². The van der Waals surface area contributed by atoms with Crippen molar-refractivity contribution < 1.29 is 9.53 Å². The summed E-state index contributed by atoms with van der Waals surface area (Å²) in [6.45, 7) is 5.12. The Morgan fingerprint density at radius 3 is 2.40 bits per heavy atom. The first-order valence-corrected chi connectivity index (χ1v) is 8.63. The molecule has 1 aromatic heterocycles. The van der Waals surface area contributed by atoms with E-state index in [-0.39, 0.29) is 25.0 Å². The molecule has 0 saturated carbocycles. The Balaban J connectivity index is 0.00000312. The monoisotopic (exact) mass is 425 g/mol. The first kappa shape index (κ1) is 21.9. The van der Waals surface area contributed by atoms with Crippen molar-refractivity contribution in [2.75, 3.05) is 19.7 Å². The lowest BCUT2D eigenvalue weighted by atomic mass is 10.3. The molecule has 2 rings (SSSR count). The van der Waals surface area contributed by atoms with Crippen LogP contribution in [0, 0.1) is 6.92 Å². The molecule has 0 saturated heterocycles. The smallest absolute Gasteiger partial charge is 0.329 e. The Bertz CT molecular complexity index is 698. The lowest BCUT2D eigenvalue weighted by Crippen LogP contribution is -2.37. The van der Waals surface area contributed by atoms with Crippen LogP contribution in [0.25, 0.3) is 0 Å². The van der Waals surface area contributed by atoms with Gasteiger partial charge in [-0.05, 0) is 25.5 Å². The highest BCUT2D eigenvalue weighted by atomic mass is 35.5. The van der Waals surface area contributed by atoms with Gasteiger partial charge in [0.15, 0.2) is 5.75 Å². The molecule has 25 heavy (non-hydrogen) atoms. The van der Waals surface area contributed by atoms with Crippen molar-refractivity contribution in [3.8, 4) is 5.75 Å². The summed E-state index contributed by atoms with van der Waals surface area (Å²) in [5.74, 6) is 0.366. The average Bonchev–Trinajstić information content (AvgIpc) is 2.94. The first-order valence-electron chi connectivity index (χ1n) is 7.49. The van der Waals surface area contributed by atoms with Crippen molar-refractivity contribution >= 4 is 53.2 Å². The van der Waals surface area contributed by atoms with Crippen molar-refractivity contribution in [2.45, 2.75) is 20.3 Å². The van der Waals surface area contributed by atoms with Crippen LogP contribution in [0.4, 0.5) is 4.79 Å². The molecule has 9 heteroatoms. The summed E-state index contributed by atoms with van der Waals surface area (Å²) < 4.78 is 7.11. The van der Waals surface area contributed by atoms with Crippen molar-refractivity contribution in [1.82, 2.24) is 14.5 Å². The SMILES string of the molecule is CCCN(CCOc1c(Cl)cc(Cl)cc1Cl)C(=O)n1cnc(C)c1.Cl. The molecule has 0 aliphatic carbocycles. The second-order valence-electron chi connectivity index (χ2n) is 5.24. The number of rotatable bonds is 6. The molecule has 2 aromatic rings. The fraction of sp³-hybridized carbons (Fsp3) is 0.375. The zero-order chi connectivity index (χ0) is 17.7. The molecule has 0 unspecified atom stereocenters. The van der Waals surface area contributed by atoms with E-state index in [4.69, 9.17) is 39.5 Å². The normalized spacial score (nSPS) is 10.3. The second-order valence-corrected chi connectivity index (χ2v) is 6.49. The van der Waals surface area contributed by atoms with Gasteiger partial charge in [0.2, 0.25) is 0 Å². The Morgan fingerprint density at radius 1 is 1.24 bits per heavy atom. The molecule has 1 amide bonds. The largest absolute Gasteiger partial charge is 0.489 e. The van der Waals surface area contributed by atoms with Crippen molar-refractivity contribution in [2.24, 2.45) is 0 Å². The molecule has 0 bridgehead atoms. The summed E-state index contributed by atoms with van der Waals surface area (Å²) in [5.41, 5.74) is 0.788. The number of halogens is 4. The molecule has 1 heterocycles. The van der Waals surface area contributed by atoms with Crippen LogP contribution in [-0.2, 0) is 0 Å². The zero-order valence-corrected chi connectivity index (χ0v) is 16.9. The van der Waals surface area contributed by atoms with Gasteiger partial charge in [-0.2, -0.15) is 0 Å². The number of hydrogen-bond acceptors (Lipinski definition) is 3. The number of ether oxygens (including phenoxy) is 1. The number of aryl methyl sites for hydroxylation is 1. The average molecular weight is 427 g/mol. The molecule has 0 radical (unpaired) electrons. The van der Waals surface area contributed by atoms with E-state index in [2.05, 4.69) is 4.98 Å². The predicted molar refractivity (Wildman–Crippen MR) is 104 cm³/mol. The summed E-state index contributed by atoms with van der Waals surface area (Å²) in [4.78, 5) is 18.3. The summed E-state index contributed by atoms with van der Waals surface area (Å²) in [7, 11) is 0. The summed E-state index contributed by atoms with van der Waals surface area (Å²) >= 11 is 18.0. The van der Waals surface area contributed by atoms with E-state index in [1.165, 1.54) is 10.9 Å². The van der Waals surface area contributed by atoms with Crippen LogP contribution in [0.5, 0.6) is 5.75 Å². The van der Waals surface area contributed by atoms with Gasteiger partial charge in [0.05, 0.1) is 22.3 Å². The molecule has 0 aliphatic rings. The predicted octanol–water partition coefficient (Wildman–Crippen LogP) is 5.33. The van der Waals surface area contributed by atoms with E-state index in [9.17, 15) is 4.79 Å².